The van der Waals surface area contributed by atoms with Gasteiger partial charge in [0.15, 0.2) is 0 Å². The summed E-state index contributed by atoms with van der Waals surface area (Å²) in [7, 11) is 0. The Morgan fingerprint density at radius 1 is 1.44 bits per heavy atom. The summed E-state index contributed by atoms with van der Waals surface area (Å²) >= 11 is 0. The molecule has 1 aromatic rings. The summed E-state index contributed by atoms with van der Waals surface area (Å²) in [4.78, 5) is 10.5. The number of nitrogen functional groups attached to an aromatic ring is 1. The predicted octanol–water partition coefficient (Wildman–Crippen LogP) is 1.31. The average molecular weight is 254 g/mol. The highest BCUT2D eigenvalue weighted by molar-refractivity contribution is 5.75. The Labute approximate surface area is 105 Å². The van der Waals surface area contributed by atoms with E-state index in [4.69, 9.17) is 5.84 Å². The normalized spacial score (nSPS) is 12.3. The van der Waals surface area contributed by atoms with Crippen molar-refractivity contribution in [1.29, 1.82) is 0 Å². The molecule has 0 bridgehead atoms. The van der Waals surface area contributed by atoms with Crippen molar-refractivity contribution in [1.82, 2.24) is 0 Å². The van der Waals surface area contributed by atoms with Crippen LogP contribution in [0.25, 0.3) is 0 Å². The van der Waals surface area contributed by atoms with E-state index in [0.29, 0.717) is 5.69 Å². The van der Waals surface area contributed by atoms with Crippen molar-refractivity contribution in [2.75, 3.05) is 17.3 Å². The third-order valence-corrected chi connectivity index (χ3v) is 2.65. The van der Waals surface area contributed by atoms with E-state index in [9.17, 15) is 15.2 Å². The molecule has 18 heavy (non-hydrogen) atoms. The predicted molar refractivity (Wildman–Crippen MR) is 70.2 cm³/mol. The van der Waals surface area contributed by atoms with Crippen LogP contribution in [0.2, 0.25) is 0 Å². The molecule has 0 spiro atoms. The van der Waals surface area contributed by atoms with Crippen LogP contribution < -0.4 is 16.6 Å². The van der Waals surface area contributed by atoms with Gasteiger partial charge < -0.3 is 15.8 Å². The first kappa shape index (κ1) is 14.2. The Morgan fingerprint density at radius 2 is 2.06 bits per heavy atom. The van der Waals surface area contributed by atoms with Crippen molar-refractivity contribution >= 4 is 17.1 Å². The summed E-state index contributed by atoms with van der Waals surface area (Å²) < 4.78 is 0. The molecule has 1 unspecified atom stereocenters. The highest BCUT2D eigenvalue weighted by atomic mass is 16.6. The van der Waals surface area contributed by atoms with Gasteiger partial charge in [0.05, 0.1) is 11.0 Å². The molecule has 7 heteroatoms. The third-order valence-electron chi connectivity index (χ3n) is 2.65. The molecule has 7 nitrogen and oxygen atoms in total. The SMILES string of the molecule is CC(C)C(O)CNc1cccc(NN)c1[N+](=O)[O-]. The van der Waals surface area contributed by atoms with Gasteiger partial charge in [-0.25, -0.2) is 0 Å². The zero-order chi connectivity index (χ0) is 13.7. The van der Waals surface area contributed by atoms with E-state index in [1.54, 1.807) is 12.1 Å². The van der Waals surface area contributed by atoms with Gasteiger partial charge in [0.25, 0.3) is 0 Å². The number of nitrogens with zero attached hydrogens (tertiary/aromatic N) is 1. The van der Waals surface area contributed by atoms with Gasteiger partial charge in [0.2, 0.25) is 0 Å². The van der Waals surface area contributed by atoms with E-state index >= 15 is 0 Å². The minimum atomic E-state index is -0.570. The van der Waals surface area contributed by atoms with Gasteiger partial charge >= 0.3 is 5.69 Å². The lowest BCUT2D eigenvalue weighted by Crippen LogP contribution is -2.25. The molecule has 100 valence electrons. The van der Waals surface area contributed by atoms with E-state index in [1.807, 2.05) is 13.8 Å². The molecule has 1 aromatic carbocycles. The maximum absolute atomic E-state index is 11.0. The Hall–Kier alpha value is -1.86. The number of para-hydroxylation sites is 1. The fourth-order valence-electron chi connectivity index (χ4n) is 1.45. The molecule has 0 aromatic heterocycles. The fourth-order valence-corrected chi connectivity index (χ4v) is 1.45. The zero-order valence-electron chi connectivity index (χ0n) is 10.4. The Balaban J connectivity index is 2.91. The smallest absolute Gasteiger partial charge is 0.316 e. The van der Waals surface area contributed by atoms with E-state index in [2.05, 4.69) is 10.7 Å². The average Bonchev–Trinajstić information content (AvgIpc) is 2.34. The van der Waals surface area contributed by atoms with E-state index in [1.165, 1.54) is 6.07 Å². The van der Waals surface area contributed by atoms with E-state index in [0.717, 1.165) is 0 Å². The van der Waals surface area contributed by atoms with Crippen LogP contribution in [0.15, 0.2) is 18.2 Å². The molecule has 0 radical (unpaired) electrons. The maximum atomic E-state index is 11.0. The monoisotopic (exact) mass is 254 g/mol. The van der Waals surface area contributed by atoms with Crippen LogP contribution in [-0.2, 0) is 0 Å². The summed E-state index contributed by atoms with van der Waals surface area (Å²) in [5, 5.41) is 23.5. The molecular formula is C11H18N4O3. The highest BCUT2D eigenvalue weighted by Crippen LogP contribution is 2.32. The van der Waals surface area contributed by atoms with Crippen LogP contribution in [0, 0.1) is 16.0 Å². The molecule has 0 amide bonds. The number of rotatable bonds is 6. The molecular weight excluding hydrogens is 236 g/mol. The number of nitrogens with two attached hydrogens (primary N) is 1. The molecule has 1 rings (SSSR count). The number of aliphatic hydroxyl groups excluding tert-OH is 1. The van der Waals surface area contributed by atoms with E-state index in [-0.39, 0.29) is 23.8 Å². The minimum absolute atomic E-state index is 0.0763. The van der Waals surface area contributed by atoms with Crippen molar-refractivity contribution in [2.45, 2.75) is 20.0 Å². The molecule has 0 saturated carbocycles. The van der Waals surface area contributed by atoms with Crippen molar-refractivity contribution in [3.8, 4) is 0 Å². The van der Waals surface area contributed by atoms with Crippen molar-refractivity contribution < 1.29 is 10.0 Å². The van der Waals surface area contributed by atoms with Crippen molar-refractivity contribution in [3.05, 3.63) is 28.3 Å². The van der Waals surface area contributed by atoms with Gasteiger partial charge in [-0.1, -0.05) is 19.9 Å². The Morgan fingerprint density at radius 3 is 2.56 bits per heavy atom. The second kappa shape index (κ2) is 6.18. The topological polar surface area (TPSA) is 113 Å². The summed E-state index contributed by atoms with van der Waals surface area (Å²) in [5.74, 6) is 5.31. The zero-order valence-corrected chi connectivity index (χ0v) is 10.4. The quantitative estimate of drug-likeness (QED) is 0.346. The number of hydrogen-bond donors (Lipinski definition) is 4. The Bertz CT molecular complexity index is 423. The lowest BCUT2D eigenvalue weighted by atomic mass is 10.1. The van der Waals surface area contributed by atoms with Crippen molar-refractivity contribution in [3.63, 3.8) is 0 Å². The summed E-state index contributed by atoms with van der Waals surface area (Å²) in [6, 6.07) is 4.74. The molecule has 1 atom stereocenters. The van der Waals surface area contributed by atoms with Gasteiger partial charge in [-0.05, 0) is 18.1 Å². The summed E-state index contributed by atoms with van der Waals surface area (Å²) in [5.41, 5.74) is 2.71. The first-order chi connectivity index (χ1) is 8.47. The van der Waals surface area contributed by atoms with E-state index < -0.39 is 11.0 Å². The van der Waals surface area contributed by atoms with Gasteiger partial charge in [-0.15, -0.1) is 0 Å². The second-order valence-corrected chi connectivity index (χ2v) is 4.30. The van der Waals surface area contributed by atoms with Crippen molar-refractivity contribution in [2.24, 2.45) is 11.8 Å². The lowest BCUT2D eigenvalue weighted by molar-refractivity contribution is -0.383. The Kier molecular flexibility index (Phi) is 4.87. The van der Waals surface area contributed by atoms with Gasteiger partial charge in [-0.3, -0.25) is 16.0 Å². The van der Waals surface area contributed by atoms with Gasteiger partial charge in [0, 0.05) is 6.54 Å². The number of nitrogens with one attached hydrogen (secondary N) is 2. The molecule has 0 aliphatic carbocycles. The number of hydrogen-bond acceptors (Lipinski definition) is 6. The van der Waals surface area contributed by atoms with Gasteiger partial charge in [-0.2, -0.15) is 0 Å². The van der Waals surface area contributed by atoms with Crippen LogP contribution in [0.5, 0.6) is 0 Å². The third kappa shape index (κ3) is 3.31. The van der Waals surface area contributed by atoms with Crippen LogP contribution in [0.3, 0.4) is 0 Å². The second-order valence-electron chi connectivity index (χ2n) is 4.30. The summed E-state index contributed by atoms with van der Waals surface area (Å²) in [6.45, 7) is 3.99. The number of aliphatic hydroxyl groups is 1. The van der Waals surface area contributed by atoms with Crippen LogP contribution >= 0.6 is 0 Å². The number of nitro groups is 1. The van der Waals surface area contributed by atoms with Crippen LogP contribution in [-0.4, -0.2) is 22.7 Å². The first-order valence-electron chi connectivity index (χ1n) is 5.63. The molecule has 5 N–H and O–H groups in total. The van der Waals surface area contributed by atoms with Crippen LogP contribution in [0.4, 0.5) is 17.1 Å². The molecule has 0 fully saturated rings. The number of hydrazine groups is 1. The fraction of sp³-hybridized carbons (Fsp3) is 0.455. The van der Waals surface area contributed by atoms with Gasteiger partial charge in [0.1, 0.15) is 11.4 Å². The maximum Gasteiger partial charge on any atom is 0.316 e. The molecule has 0 aliphatic heterocycles. The number of anilines is 2. The molecule has 0 heterocycles. The molecule has 0 aliphatic rings. The first-order valence-corrected chi connectivity index (χ1v) is 5.63. The largest absolute Gasteiger partial charge is 0.391 e. The summed E-state index contributed by atoms with van der Waals surface area (Å²) in [6.07, 6.45) is -0.570. The minimum Gasteiger partial charge on any atom is -0.391 e. The molecule has 0 saturated heterocycles. The number of benzene rings is 1. The van der Waals surface area contributed by atoms with Crippen LogP contribution in [0.1, 0.15) is 13.8 Å². The number of nitro benzene ring substituents is 1. The highest BCUT2D eigenvalue weighted by Gasteiger charge is 2.19. The standard InChI is InChI=1S/C11H18N4O3/c1-7(2)10(16)6-13-8-4-3-5-9(14-12)11(8)15(17)18/h3-5,7,10,13-14,16H,6,12H2,1-2H3. The lowest BCUT2D eigenvalue weighted by Gasteiger charge is -2.16.